The number of hydrogen-bond donors (Lipinski definition) is 0. The van der Waals surface area contributed by atoms with E-state index in [0.717, 1.165) is 58.6 Å². The van der Waals surface area contributed by atoms with Crippen LogP contribution in [0.5, 0.6) is 5.75 Å². The van der Waals surface area contributed by atoms with E-state index in [4.69, 9.17) is 9.47 Å². The normalized spacial score (nSPS) is 17.0. The van der Waals surface area contributed by atoms with Gasteiger partial charge in [0.05, 0.1) is 12.8 Å². The first-order valence-corrected chi connectivity index (χ1v) is 12.1. The van der Waals surface area contributed by atoms with Crippen molar-refractivity contribution in [2.45, 2.75) is 56.0 Å². The molecule has 6 nitrogen and oxygen atoms in total. The van der Waals surface area contributed by atoms with Gasteiger partial charge in [-0.3, -0.25) is 9.80 Å². The molecule has 7 heteroatoms. The fraction of sp³-hybridized carbons (Fsp3) is 0.583. The Balaban J connectivity index is 1.52. The largest absolute Gasteiger partial charge is 0.496 e. The Morgan fingerprint density at radius 3 is 2.61 bits per heavy atom. The molecule has 0 atom stereocenters. The van der Waals surface area contributed by atoms with Crippen LogP contribution < -0.4 is 9.64 Å². The van der Waals surface area contributed by atoms with E-state index < -0.39 is 0 Å². The summed E-state index contributed by atoms with van der Waals surface area (Å²) in [7, 11) is 3.48. The number of hydrogen-bond acceptors (Lipinski definition) is 7. The highest BCUT2D eigenvalue weighted by atomic mass is 32.2. The van der Waals surface area contributed by atoms with Crippen molar-refractivity contribution in [2.75, 3.05) is 38.9 Å². The van der Waals surface area contributed by atoms with E-state index in [2.05, 4.69) is 45.7 Å². The zero-order valence-electron chi connectivity index (χ0n) is 19.1. The van der Waals surface area contributed by atoms with Gasteiger partial charge in [0.15, 0.2) is 5.82 Å². The van der Waals surface area contributed by atoms with Crippen LogP contribution >= 0.6 is 11.8 Å². The van der Waals surface area contributed by atoms with Crippen LogP contribution in [0.25, 0.3) is 0 Å². The van der Waals surface area contributed by atoms with E-state index in [9.17, 15) is 0 Å². The van der Waals surface area contributed by atoms with Crippen molar-refractivity contribution in [1.29, 1.82) is 0 Å². The number of piperidine rings is 1. The van der Waals surface area contributed by atoms with Crippen molar-refractivity contribution in [1.82, 2.24) is 14.9 Å². The Morgan fingerprint density at radius 1 is 1.13 bits per heavy atom. The lowest BCUT2D eigenvalue weighted by atomic mass is 9.89. The van der Waals surface area contributed by atoms with Gasteiger partial charge in [0, 0.05) is 36.5 Å². The second kappa shape index (κ2) is 10.2. The van der Waals surface area contributed by atoms with E-state index in [1.807, 2.05) is 0 Å². The average molecular weight is 443 g/mol. The van der Waals surface area contributed by atoms with Crippen LogP contribution in [-0.2, 0) is 11.3 Å². The minimum absolute atomic E-state index is 0.437. The number of likely N-dealkylation sites (tertiary alicyclic amines) is 1. The molecule has 0 N–H and O–H groups in total. The van der Waals surface area contributed by atoms with Crippen LogP contribution in [0.15, 0.2) is 34.4 Å². The maximum atomic E-state index is 5.80. The van der Waals surface area contributed by atoms with Crippen LogP contribution in [-0.4, -0.2) is 48.9 Å². The van der Waals surface area contributed by atoms with E-state index >= 15 is 0 Å². The van der Waals surface area contributed by atoms with E-state index in [1.54, 1.807) is 38.4 Å². The van der Waals surface area contributed by atoms with Gasteiger partial charge in [-0.1, -0.05) is 38.5 Å². The third-order valence-electron chi connectivity index (χ3n) is 6.27. The fourth-order valence-corrected chi connectivity index (χ4v) is 5.51. The van der Waals surface area contributed by atoms with Crippen molar-refractivity contribution in [3.05, 3.63) is 30.1 Å². The number of anilines is 2. The molecule has 0 spiro atoms. The summed E-state index contributed by atoms with van der Waals surface area (Å²) in [4.78, 5) is 14.9. The van der Waals surface area contributed by atoms with Gasteiger partial charge in [0.2, 0.25) is 0 Å². The van der Waals surface area contributed by atoms with Gasteiger partial charge in [-0.2, -0.15) is 0 Å². The molecule has 1 aromatic carbocycles. The van der Waals surface area contributed by atoms with Crippen molar-refractivity contribution in [3.63, 3.8) is 0 Å². The Bertz CT molecular complexity index is 884. The molecule has 1 fully saturated rings. The van der Waals surface area contributed by atoms with Crippen LogP contribution in [0.4, 0.5) is 11.5 Å². The Hall–Kier alpha value is -1.83. The Kier molecular flexibility index (Phi) is 7.35. The maximum absolute atomic E-state index is 5.80. The topological polar surface area (TPSA) is 50.7 Å². The first-order chi connectivity index (χ1) is 15.1. The lowest BCUT2D eigenvalue weighted by Crippen LogP contribution is -2.33. The second-order valence-corrected chi connectivity index (χ2v) is 9.99. The number of methoxy groups -OCH3 is 2. The number of fused-ring (bicyclic) bond motifs is 2. The fourth-order valence-electron chi connectivity index (χ4n) is 4.50. The highest BCUT2D eigenvalue weighted by Gasteiger charge is 2.28. The lowest BCUT2D eigenvalue weighted by Gasteiger charge is -2.34. The molecule has 0 unspecified atom stereocenters. The molecule has 0 bridgehead atoms. The summed E-state index contributed by atoms with van der Waals surface area (Å²) in [6, 6.07) is 4.40. The van der Waals surface area contributed by atoms with Crippen LogP contribution in [0.3, 0.4) is 0 Å². The van der Waals surface area contributed by atoms with E-state index in [-0.39, 0.29) is 0 Å². The lowest BCUT2D eigenvalue weighted by molar-refractivity contribution is 0.167. The monoisotopic (exact) mass is 442 g/mol. The summed E-state index contributed by atoms with van der Waals surface area (Å²) in [5.41, 5.74) is 2.33. The van der Waals surface area contributed by atoms with Gasteiger partial charge >= 0.3 is 0 Å². The van der Waals surface area contributed by atoms with Crippen LogP contribution in [0, 0.1) is 11.8 Å². The molecule has 31 heavy (non-hydrogen) atoms. The van der Waals surface area contributed by atoms with E-state index in [0.29, 0.717) is 6.73 Å². The summed E-state index contributed by atoms with van der Waals surface area (Å²) >= 11 is 1.64. The van der Waals surface area contributed by atoms with Crippen LogP contribution in [0.1, 0.15) is 45.1 Å². The summed E-state index contributed by atoms with van der Waals surface area (Å²) in [6.45, 7) is 8.32. The third kappa shape index (κ3) is 5.16. The summed E-state index contributed by atoms with van der Waals surface area (Å²) in [6.07, 6.45) is 8.79. The van der Waals surface area contributed by atoms with Crippen molar-refractivity contribution in [3.8, 4) is 5.75 Å². The number of ether oxygens (including phenoxy) is 2. The molecule has 1 aromatic heterocycles. The highest BCUT2D eigenvalue weighted by molar-refractivity contribution is 7.99. The molecule has 0 aliphatic carbocycles. The first kappa shape index (κ1) is 22.4. The maximum Gasteiger partial charge on any atom is 0.168 e. The number of nitrogens with zero attached hydrogens (tertiary/aromatic N) is 4. The SMILES string of the molecule is COCN1c2cc(CN3CCC(CCC(C)C)CC3)c(OC)cc2Sc2nccnc21. The summed E-state index contributed by atoms with van der Waals surface area (Å²) < 4.78 is 11.3. The Morgan fingerprint density at radius 2 is 1.90 bits per heavy atom. The molecule has 0 saturated carbocycles. The predicted molar refractivity (Wildman–Crippen MR) is 125 cm³/mol. The molecule has 2 aliphatic heterocycles. The highest BCUT2D eigenvalue weighted by Crippen LogP contribution is 2.48. The summed E-state index contributed by atoms with van der Waals surface area (Å²) in [5, 5.41) is 0.894. The second-order valence-electron chi connectivity index (χ2n) is 8.96. The smallest absolute Gasteiger partial charge is 0.168 e. The predicted octanol–water partition coefficient (Wildman–Crippen LogP) is 5.34. The molecular weight excluding hydrogens is 408 g/mol. The quantitative estimate of drug-likeness (QED) is 0.547. The van der Waals surface area contributed by atoms with Crippen molar-refractivity contribution < 1.29 is 9.47 Å². The van der Waals surface area contributed by atoms with Crippen LogP contribution in [0.2, 0.25) is 0 Å². The average Bonchev–Trinajstić information content (AvgIpc) is 2.78. The van der Waals surface area contributed by atoms with Gasteiger partial charge in [0.1, 0.15) is 17.5 Å². The minimum Gasteiger partial charge on any atom is -0.496 e. The molecule has 2 aliphatic rings. The first-order valence-electron chi connectivity index (χ1n) is 11.3. The molecule has 1 saturated heterocycles. The molecule has 3 heterocycles. The minimum atomic E-state index is 0.437. The zero-order valence-corrected chi connectivity index (χ0v) is 20.0. The number of aromatic nitrogens is 2. The number of rotatable bonds is 8. The van der Waals surface area contributed by atoms with Gasteiger partial charge in [0.25, 0.3) is 0 Å². The van der Waals surface area contributed by atoms with Gasteiger partial charge in [-0.25, -0.2) is 9.97 Å². The molecule has 168 valence electrons. The van der Waals surface area contributed by atoms with Gasteiger partial charge in [-0.15, -0.1) is 0 Å². The molecule has 2 aromatic rings. The van der Waals surface area contributed by atoms with Gasteiger partial charge in [-0.05, 0) is 49.9 Å². The zero-order chi connectivity index (χ0) is 21.8. The standard InChI is InChI=1S/C24H34N4O2S/c1-17(2)5-6-18-7-11-27(12-8-18)15-19-13-20-22(14-21(19)30-4)31-24-23(25-9-10-26-24)28(20)16-29-3/h9-10,13-14,17-18H,5-8,11-12,15-16H2,1-4H3. The molecule has 0 amide bonds. The molecule has 0 radical (unpaired) electrons. The Labute approximate surface area is 190 Å². The molecule has 4 rings (SSSR count). The molecular formula is C24H34N4O2S. The van der Waals surface area contributed by atoms with Crippen molar-refractivity contribution >= 4 is 23.3 Å². The van der Waals surface area contributed by atoms with Gasteiger partial charge < -0.3 is 9.47 Å². The third-order valence-corrected chi connectivity index (χ3v) is 7.30. The van der Waals surface area contributed by atoms with Crippen molar-refractivity contribution in [2.24, 2.45) is 11.8 Å². The number of benzene rings is 1. The summed E-state index contributed by atoms with van der Waals surface area (Å²) in [5.74, 6) is 3.48. The van der Waals surface area contributed by atoms with E-state index in [1.165, 1.54) is 31.2 Å².